The molecule has 39 heavy (non-hydrogen) atoms. The van der Waals surface area contributed by atoms with Crippen LogP contribution in [0.15, 0.2) is 84.9 Å². The Morgan fingerprint density at radius 2 is 1.26 bits per heavy atom. The predicted molar refractivity (Wildman–Crippen MR) is 151 cm³/mol. The molecule has 0 saturated carbocycles. The first-order chi connectivity index (χ1) is 18.5. The smallest absolute Gasteiger partial charge is 0.416 e. The summed E-state index contributed by atoms with van der Waals surface area (Å²) in [7, 11) is -0.242. The summed E-state index contributed by atoms with van der Waals surface area (Å²) in [6.45, 7) is 6.87. The molecule has 0 bridgehead atoms. The molecule has 0 radical (unpaired) electrons. The zero-order valence-corrected chi connectivity index (χ0v) is 22.9. The quantitative estimate of drug-likeness (QED) is 0.156. The molecule has 0 atom stereocenters. The molecule has 4 aromatic carbocycles. The van der Waals surface area contributed by atoms with Crippen molar-refractivity contribution in [3.05, 3.63) is 107 Å². The maximum absolute atomic E-state index is 12.9. The van der Waals surface area contributed by atoms with Crippen molar-refractivity contribution in [3.63, 3.8) is 0 Å². The number of benzene rings is 4. The van der Waals surface area contributed by atoms with Crippen molar-refractivity contribution in [1.29, 1.82) is 0 Å². The van der Waals surface area contributed by atoms with Crippen molar-refractivity contribution >= 4 is 36.6 Å². The van der Waals surface area contributed by atoms with Gasteiger partial charge in [-0.1, -0.05) is 36.4 Å². The van der Waals surface area contributed by atoms with Crippen LogP contribution in [0.2, 0.25) is 0 Å². The van der Waals surface area contributed by atoms with Crippen molar-refractivity contribution < 1.29 is 27.4 Å². The average Bonchev–Trinajstić information content (AvgIpc) is 3.22. The van der Waals surface area contributed by atoms with Crippen molar-refractivity contribution in [2.24, 2.45) is 0 Å². The summed E-state index contributed by atoms with van der Waals surface area (Å²) in [5.41, 5.74) is 0.404. The molecule has 0 fully saturated rings. The molecule has 0 N–H and O–H groups in total. The van der Waals surface area contributed by atoms with Crippen LogP contribution in [-0.2, 0) is 21.3 Å². The van der Waals surface area contributed by atoms with Gasteiger partial charge in [-0.3, -0.25) is 0 Å². The van der Waals surface area contributed by atoms with Gasteiger partial charge in [-0.05, 0) is 80.8 Å². The standard InChI is InChI=1S/C32H28F3O3S/c1-20-17-24(39-27-11-7-5-9-25(27)26-10-6-8-12-28(26)39)18-21(2)30(20)37-19-29(36)38-31(3,4)22-13-15-23(16-14-22)32(33,34)35/h5-18H,19H2,1-4H3/q+1. The normalized spacial score (nSPS) is 12.2. The van der Waals surface area contributed by atoms with Crippen LogP contribution in [0.5, 0.6) is 5.75 Å². The van der Waals surface area contributed by atoms with Gasteiger partial charge in [0.1, 0.15) is 11.4 Å². The number of esters is 1. The number of alkyl halides is 3. The fraction of sp³-hybridized carbons (Fsp3) is 0.219. The number of aryl methyl sites for hydroxylation is 2. The van der Waals surface area contributed by atoms with Gasteiger partial charge in [-0.2, -0.15) is 13.2 Å². The molecule has 0 spiro atoms. The highest BCUT2D eigenvalue weighted by atomic mass is 32.2. The molecule has 0 aliphatic rings. The van der Waals surface area contributed by atoms with Crippen molar-refractivity contribution in [3.8, 4) is 10.6 Å². The van der Waals surface area contributed by atoms with E-state index in [-0.39, 0.29) is 17.1 Å². The number of carbonyl (C=O) groups is 1. The monoisotopic (exact) mass is 549 g/mol. The lowest BCUT2D eigenvalue weighted by Gasteiger charge is -2.26. The minimum absolute atomic E-state index is 0.242. The van der Waals surface area contributed by atoms with Gasteiger partial charge in [0.25, 0.3) is 0 Å². The predicted octanol–water partition coefficient (Wildman–Crippen LogP) is 9.22. The maximum atomic E-state index is 12.9. The highest BCUT2D eigenvalue weighted by Gasteiger charge is 2.32. The van der Waals surface area contributed by atoms with Crippen molar-refractivity contribution in [2.45, 2.75) is 39.5 Å². The van der Waals surface area contributed by atoms with Gasteiger partial charge in [0.05, 0.1) is 5.56 Å². The molecule has 0 unspecified atom stereocenters. The number of thiophene rings is 1. The first-order valence-corrected chi connectivity index (χ1v) is 13.7. The number of fused-ring (bicyclic) bond motifs is 3. The van der Waals surface area contributed by atoms with Gasteiger partial charge in [0, 0.05) is 33.4 Å². The first-order valence-electron chi connectivity index (χ1n) is 12.5. The van der Waals surface area contributed by atoms with E-state index in [2.05, 4.69) is 60.7 Å². The van der Waals surface area contributed by atoms with Gasteiger partial charge < -0.3 is 9.47 Å². The Labute approximate surface area is 227 Å². The Bertz CT molecular complexity index is 1610. The molecule has 0 aliphatic heterocycles. The lowest BCUT2D eigenvalue weighted by atomic mass is 9.97. The molecular weight excluding hydrogens is 521 g/mol. The molecule has 5 aromatic rings. The van der Waals surface area contributed by atoms with Crippen LogP contribution < -0.4 is 4.74 Å². The van der Waals surface area contributed by atoms with Crippen LogP contribution >= 0.6 is 10.5 Å². The molecule has 0 amide bonds. The third-order valence-corrected chi connectivity index (χ3v) is 9.08. The van der Waals surface area contributed by atoms with Crippen molar-refractivity contribution in [2.75, 3.05) is 6.61 Å². The Balaban J connectivity index is 1.35. The summed E-state index contributed by atoms with van der Waals surface area (Å²) in [5.74, 6) is 0.00991. The number of carbonyl (C=O) groups excluding carboxylic acids is 1. The molecule has 7 heteroatoms. The minimum Gasteiger partial charge on any atom is -0.481 e. The molecule has 1 aromatic heterocycles. The van der Waals surface area contributed by atoms with Crippen molar-refractivity contribution in [1.82, 2.24) is 0 Å². The minimum atomic E-state index is -4.43. The van der Waals surface area contributed by atoms with Gasteiger partial charge in [0.15, 0.2) is 20.9 Å². The molecule has 0 aliphatic carbocycles. The molecule has 5 rings (SSSR count). The molecule has 0 saturated heterocycles. The van der Waals surface area contributed by atoms with E-state index in [0.29, 0.717) is 11.3 Å². The van der Waals surface area contributed by atoms with Crippen LogP contribution in [-0.4, -0.2) is 12.6 Å². The van der Waals surface area contributed by atoms with Gasteiger partial charge in [-0.15, -0.1) is 0 Å². The van der Waals surface area contributed by atoms with Gasteiger partial charge in [-0.25, -0.2) is 4.79 Å². The largest absolute Gasteiger partial charge is 0.481 e. The van der Waals surface area contributed by atoms with E-state index in [1.807, 2.05) is 13.8 Å². The van der Waals surface area contributed by atoms with Crippen LogP contribution in [0.1, 0.15) is 36.1 Å². The first kappa shape index (κ1) is 26.8. The SMILES string of the molecule is Cc1cc(-[s+]2c3ccccc3c3ccccc32)cc(C)c1OCC(=O)OC(C)(C)c1ccc(C(F)(F)F)cc1. The second kappa shape index (κ2) is 10.0. The third-order valence-electron chi connectivity index (χ3n) is 6.78. The second-order valence-electron chi connectivity index (χ2n) is 10.0. The summed E-state index contributed by atoms with van der Waals surface area (Å²) in [4.78, 5) is 13.9. The number of rotatable bonds is 6. The zero-order valence-electron chi connectivity index (χ0n) is 22.1. The summed E-state index contributed by atoms with van der Waals surface area (Å²) in [6, 6.07) is 25.8. The lowest BCUT2D eigenvalue weighted by molar-refractivity contribution is -0.160. The Morgan fingerprint density at radius 3 is 1.77 bits per heavy atom. The van der Waals surface area contributed by atoms with E-state index < -0.39 is 23.3 Å². The average molecular weight is 550 g/mol. The molecule has 3 nitrogen and oxygen atoms in total. The molecule has 200 valence electrons. The van der Waals surface area contributed by atoms with Crippen LogP contribution in [0, 0.1) is 13.8 Å². The topological polar surface area (TPSA) is 35.5 Å². The number of hydrogen-bond donors (Lipinski definition) is 0. The van der Waals surface area contributed by atoms with Gasteiger partial charge in [0.2, 0.25) is 0 Å². The zero-order chi connectivity index (χ0) is 27.9. The second-order valence-corrected chi connectivity index (χ2v) is 12.0. The van der Waals surface area contributed by atoms with Crippen LogP contribution in [0.25, 0.3) is 25.1 Å². The Hall–Kier alpha value is -3.84. The van der Waals surface area contributed by atoms with Crippen LogP contribution in [0.4, 0.5) is 13.2 Å². The molecule has 1 heterocycles. The Morgan fingerprint density at radius 1 is 0.769 bits per heavy atom. The fourth-order valence-electron chi connectivity index (χ4n) is 4.93. The fourth-order valence-corrected chi connectivity index (χ4v) is 7.49. The summed E-state index contributed by atoms with van der Waals surface area (Å²) >= 11 is 0. The highest BCUT2D eigenvalue weighted by molar-refractivity contribution is 7.50. The summed E-state index contributed by atoms with van der Waals surface area (Å²) in [6.07, 6.45) is -4.43. The van der Waals surface area contributed by atoms with Crippen LogP contribution in [0.3, 0.4) is 0 Å². The lowest BCUT2D eigenvalue weighted by Crippen LogP contribution is -2.29. The van der Waals surface area contributed by atoms with E-state index in [1.54, 1.807) is 13.8 Å². The highest BCUT2D eigenvalue weighted by Crippen LogP contribution is 2.49. The molecular formula is C32H28F3O3S+. The summed E-state index contributed by atoms with van der Waals surface area (Å²) < 4.78 is 52.8. The van der Waals surface area contributed by atoms with Gasteiger partial charge >= 0.3 is 12.1 Å². The number of ether oxygens (including phenoxy) is 2. The number of hydrogen-bond acceptors (Lipinski definition) is 3. The maximum Gasteiger partial charge on any atom is 0.416 e. The number of halogens is 3. The van der Waals surface area contributed by atoms with E-state index in [4.69, 9.17) is 9.47 Å². The van der Waals surface area contributed by atoms with E-state index in [0.717, 1.165) is 23.3 Å². The Kier molecular flexibility index (Phi) is 6.89. The van der Waals surface area contributed by atoms with E-state index in [1.165, 1.54) is 37.2 Å². The third kappa shape index (κ3) is 5.23. The van der Waals surface area contributed by atoms with E-state index in [9.17, 15) is 18.0 Å². The van der Waals surface area contributed by atoms with E-state index >= 15 is 0 Å². The summed E-state index contributed by atoms with van der Waals surface area (Å²) in [5, 5.41) is 2.51.